The molecule has 3 aromatic carbocycles. The van der Waals surface area contributed by atoms with Gasteiger partial charge in [-0.05, 0) is 18.6 Å². The van der Waals surface area contributed by atoms with E-state index in [0.29, 0.717) is 16.7 Å². The van der Waals surface area contributed by atoms with E-state index in [1.165, 1.54) is 11.9 Å². The third-order valence-electron chi connectivity index (χ3n) is 5.06. The summed E-state index contributed by atoms with van der Waals surface area (Å²) in [4.78, 5) is 8.55. The van der Waals surface area contributed by atoms with Crippen LogP contribution in [0.4, 0.5) is 5.82 Å². The van der Waals surface area contributed by atoms with E-state index in [-0.39, 0.29) is 5.92 Å². The number of nitrogens with zero attached hydrogens (tertiary/aromatic N) is 2. The van der Waals surface area contributed by atoms with Crippen molar-refractivity contribution in [1.82, 2.24) is 9.97 Å². The van der Waals surface area contributed by atoms with Crippen LogP contribution in [0.1, 0.15) is 28.2 Å². The molecule has 27 heavy (non-hydrogen) atoms. The molecule has 5 heteroatoms. The average Bonchev–Trinajstić information content (AvgIpc) is 2.68. The van der Waals surface area contributed by atoms with Gasteiger partial charge >= 0.3 is 0 Å². The quantitative estimate of drug-likeness (QED) is 0.424. The Kier molecular flexibility index (Phi) is 3.55. The Bertz CT molecular complexity index is 1190. The van der Waals surface area contributed by atoms with Crippen molar-refractivity contribution in [3.8, 4) is 11.6 Å². The van der Waals surface area contributed by atoms with Gasteiger partial charge in [0, 0.05) is 27.3 Å². The summed E-state index contributed by atoms with van der Waals surface area (Å²) in [6.45, 7) is 2.07. The molecule has 2 N–H and O–H groups in total. The van der Waals surface area contributed by atoms with Crippen molar-refractivity contribution in [2.24, 2.45) is 0 Å². The van der Waals surface area contributed by atoms with Gasteiger partial charge in [-0.1, -0.05) is 65.7 Å². The van der Waals surface area contributed by atoms with Gasteiger partial charge in [-0.25, -0.2) is 9.97 Å². The second kappa shape index (κ2) is 5.96. The van der Waals surface area contributed by atoms with Gasteiger partial charge in [0.15, 0.2) is 0 Å². The van der Waals surface area contributed by atoms with Gasteiger partial charge in [-0.3, -0.25) is 0 Å². The van der Waals surface area contributed by atoms with Crippen molar-refractivity contribution in [2.45, 2.75) is 12.8 Å². The number of rotatable bonds is 1. The molecule has 0 radical (unpaired) electrons. The minimum absolute atomic E-state index is 0.146. The van der Waals surface area contributed by atoms with Crippen LogP contribution in [-0.4, -0.2) is 9.97 Å². The van der Waals surface area contributed by atoms with E-state index in [9.17, 15) is 0 Å². The summed E-state index contributed by atoms with van der Waals surface area (Å²) in [6.07, 6.45) is 1.43. The average molecular weight is 374 g/mol. The SMILES string of the molecule is Cc1ccc(C2c3cc(Cl)c4ccccc4c3Oc3ncnc(N)c32)cc1. The lowest BCUT2D eigenvalue weighted by molar-refractivity contribution is 0.438. The number of aromatic nitrogens is 2. The van der Waals surface area contributed by atoms with Gasteiger partial charge in [-0.15, -0.1) is 0 Å². The predicted octanol–water partition coefficient (Wildman–Crippen LogP) is 5.46. The molecule has 0 spiro atoms. The van der Waals surface area contributed by atoms with E-state index in [0.717, 1.165) is 33.2 Å². The fourth-order valence-electron chi connectivity index (χ4n) is 3.76. The number of hydrogen-bond donors (Lipinski definition) is 1. The van der Waals surface area contributed by atoms with Crippen molar-refractivity contribution in [2.75, 3.05) is 5.73 Å². The number of nitrogen functional groups attached to an aromatic ring is 1. The highest BCUT2D eigenvalue weighted by Crippen LogP contribution is 2.51. The third kappa shape index (κ3) is 2.45. The van der Waals surface area contributed by atoms with Crippen LogP contribution < -0.4 is 10.5 Å². The number of aryl methyl sites for hydroxylation is 1. The van der Waals surface area contributed by atoms with Crippen LogP contribution in [0, 0.1) is 6.92 Å². The highest BCUT2D eigenvalue weighted by molar-refractivity contribution is 6.36. The smallest absolute Gasteiger partial charge is 0.228 e. The maximum atomic E-state index is 6.62. The molecule has 1 unspecified atom stereocenters. The molecule has 0 aliphatic carbocycles. The molecule has 1 aromatic heterocycles. The summed E-state index contributed by atoms with van der Waals surface area (Å²) in [5, 5.41) is 2.59. The van der Waals surface area contributed by atoms with Crippen LogP contribution in [0.5, 0.6) is 11.6 Å². The highest BCUT2D eigenvalue weighted by Gasteiger charge is 2.33. The molecule has 132 valence electrons. The fourth-order valence-corrected chi connectivity index (χ4v) is 4.04. The number of fused-ring (bicyclic) bond motifs is 4. The van der Waals surface area contributed by atoms with Gasteiger partial charge in [-0.2, -0.15) is 0 Å². The summed E-state index contributed by atoms with van der Waals surface area (Å²) < 4.78 is 6.21. The van der Waals surface area contributed by atoms with E-state index < -0.39 is 0 Å². The Labute approximate surface area is 161 Å². The number of benzene rings is 3. The van der Waals surface area contributed by atoms with Gasteiger partial charge in [0.25, 0.3) is 0 Å². The van der Waals surface area contributed by atoms with E-state index in [1.807, 2.05) is 30.3 Å². The lowest BCUT2D eigenvalue weighted by Gasteiger charge is -2.29. The summed E-state index contributed by atoms with van der Waals surface area (Å²) >= 11 is 6.62. The first-order valence-electron chi connectivity index (χ1n) is 8.69. The zero-order valence-electron chi connectivity index (χ0n) is 14.6. The Morgan fingerprint density at radius 3 is 2.52 bits per heavy atom. The Morgan fingerprint density at radius 1 is 1.00 bits per heavy atom. The maximum absolute atomic E-state index is 6.62. The van der Waals surface area contributed by atoms with Crippen LogP contribution in [0.25, 0.3) is 10.8 Å². The normalized spacial score (nSPS) is 15.1. The molecule has 0 amide bonds. The first-order chi connectivity index (χ1) is 13.1. The van der Waals surface area contributed by atoms with Crippen LogP contribution in [0.15, 0.2) is 60.9 Å². The molecule has 1 aliphatic heterocycles. The Morgan fingerprint density at radius 2 is 1.74 bits per heavy atom. The lowest BCUT2D eigenvalue weighted by atomic mass is 9.82. The molecule has 5 rings (SSSR count). The van der Waals surface area contributed by atoms with Crippen molar-refractivity contribution in [1.29, 1.82) is 0 Å². The molecule has 0 saturated carbocycles. The molecule has 2 heterocycles. The van der Waals surface area contributed by atoms with Crippen LogP contribution >= 0.6 is 11.6 Å². The number of hydrogen-bond acceptors (Lipinski definition) is 4. The Hall–Kier alpha value is -3.11. The molecular formula is C22H16ClN3O. The number of nitrogens with two attached hydrogens (primary N) is 1. The monoisotopic (exact) mass is 373 g/mol. The molecule has 1 atom stereocenters. The lowest BCUT2D eigenvalue weighted by Crippen LogP contribution is -2.16. The number of anilines is 1. The van der Waals surface area contributed by atoms with E-state index in [2.05, 4.69) is 41.2 Å². The van der Waals surface area contributed by atoms with E-state index in [4.69, 9.17) is 22.1 Å². The van der Waals surface area contributed by atoms with Crippen molar-refractivity contribution in [3.63, 3.8) is 0 Å². The Balaban J connectivity index is 1.86. The summed E-state index contributed by atoms with van der Waals surface area (Å²) in [5.41, 5.74) is 10.3. The standard InChI is InChI=1S/C22H16ClN3O/c1-12-6-8-13(9-7-12)18-16-10-17(23)14-4-2-3-5-15(14)20(16)27-22-19(18)21(24)25-11-26-22/h2-11,18H,1H3,(H2,24,25,26). The number of ether oxygens (including phenoxy) is 1. The van der Waals surface area contributed by atoms with Crippen LogP contribution in [-0.2, 0) is 0 Å². The predicted molar refractivity (Wildman–Crippen MR) is 108 cm³/mol. The van der Waals surface area contributed by atoms with E-state index in [1.54, 1.807) is 0 Å². The van der Waals surface area contributed by atoms with Crippen molar-refractivity contribution in [3.05, 3.63) is 88.2 Å². The van der Waals surface area contributed by atoms with Crippen LogP contribution in [0.2, 0.25) is 5.02 Å². The molecular weight excluding hydrogens is 358 g/mol. The van der Waals surface area contributed by atoms with Gasteiger partial charge < -0.3 is 10.5 Å². The maximum Gasteiger partial charge on any atom is 0.228 e. The van der Waals surface area contributed by atoms with Crippen LogP contribution in [0.3, 0.4) is 0 Å². The molecule has 4 nitrogen and oxygen atoms in total. The van der Waals surface area contributed by atoms with Gasteiger partial charge in [0.05, 0.1) is 5.56 Å². The summed E-state index contributed by atoms with van der Waals surface area (Å²) in [7, 11) is 0. The summed E-state index contributed by atoms with van der Waals surface area (Å²) in [5.74, 6) is 1.53. The highest BCUT2D eigenvalue weighted by atomic mass is 35.5. The molecule has 4 aromatic rings. The molecule has 0 bridgehead atoms. The second-order valence-electron chi connectivity index (χ2n) is 6.75. The zero-order valence-corrected chi connectivity index (χ0v) is 15.4. The minimum Gasteiger partial charge on any atom is -0.438 e. The first-order valence-corrected chi connectivity index (χ1v) is 9.07. The van der Waals surface area contributed by atoms with Gasteiger partial charge in [0.2, 0.25) is 5.88 Å². The zero-order chi connectivity index (χ0) is 18.5. The van der Waals surface area contributed by atoms with Gasteiger partial charge in [0.1, 0.15) is 17.9 Å². The first kappa shape index (κ1) is 16.1. The van der Waals surface area contributed by atoms with E-state index >= 15 is 0 Å². The second-order valence-corrected chi connectivity index (χ2v) is 7.15. The van der Waals surface area contributed by atoms with Crippen molar-refractivity contribution >= 4 is 28.2 Å². The summed E-state index contributed by atoms with van der Waals surface area (Å²) in [6, 6.07) is 18.3. The fraction of sp³-hybridized carbons (Fsp3) is 0.0909. The molecule has 0 fully saturated rings. The number of halogens is 1. The topological polar surface area (TPSA) is 61.0 Å². The largest absolute Gasteiger partial charge is 0.438 e. The van der Waals surface area contributed by atoms with Crippen molar-refractivity contribution < 1.29 is 4.74 Å². The molecule has 0 saturated heterocycles. The minimum atomic E-state index is -0.146. The third-order valence-corrected chi connectivity index (χ3v) is 5.37. The molecule has 1 aliphatic rings.